The highest BCUT2D eigenvalue weighted by Crippen LogP contribution is 2.29. The molecule has 0 spiro atoms. The van der Waals surface area contributed by atoms with Gasteiger partial charge in [-0.3, -0.25) is 4.79 Å². The van der Waals surface area contributed by atoms with Crippen molar-refractivity contribution in [3.8, 4) is 11.5 Å². The Hall–Kier alpha value is -3.11. The van der Waals surface area contributed by atoms with Crippen molar-refractivity contribution in [1.82, 2.24) is 25.7 Å². The van der Waals surface area contributed by atoms with E-state index in [1.165, 1.54) is 40.8 Å². The molecule has 1 N–H and O–H groups in total. The van der Waals surface area contributed by atoms with Crippen molar-refractivity contribution in [2.45, 2.75) is 43.7 Å². The molecule has 0 bridgehead atoms. The summed E-state index contributed by atoms with van der Waals surface area (Å²) in [5.74, 6) is 0.263. The topological polar surface area (TPSA) is 93.8 Å². The zero-order chi connectivity index (χ0) is 23.4. The van der Waals surface area contributed by atoms with Gasteiger partial charge in [0.15, 0.2) is 0 Å². The van der Waals surface area contributed by atoms with Crippen LogP contribution in [0.15, 0.2) is 58.2 Å². The van der Waals surface area contributed by atoms with E-state index < -0.39 is 0 Å². The van der Waals surface area contributed by atoms with Gasteiger partial charge in [0.1, 0.15) is 10.8 Å². The Morgan fingerprint density at radius 3 is 2.45 bits per heavy atom. The number of thioether (sulfide) groups is 1. The number of rotatable bonds is 7. The summed E-state index contributed by atoms with van der Waals surface area (Å²) in [6.45, 7) is 6.77. The summed E-state index contributed by atoms with van der Waals surface area (Å²) in [4.78, 5) is 12.3. The van der Waals surface area contributed by atoms with Crippen LogP contribution in [0.4, 0.5) is 4.39 Å². The molecule has 0 unspecified atom stereocenters. The highest BCUT2D eigenvalue weighted by atomic mass is 32.2. The predicted molar refractivity (Wildman–Crippen MR) is 125 cm³/mol. The minimum atomic E-state index is -0.327. The van der Waals surface area contributed by atoms with E-state index in [9.17, 15) is 9.18 Å². The Bertz CT molecular complexity index is 1230. The molecule has 170 valence electrons. The number of aromatic nitrogens is 4. The zero-order valence-electron chi connectivity index (χ0n) is 18.3. The van der Waals surface area contributed by atoms with Gasteiger partial charge >= 0.3 is 0 Å². The van der Waals surface area contributed by atoms with Crippen LogP contribution in [0.3, 0.4) is 0 Å². The van der Waals surface area contributed by atoms with Gasteiger partial charge in [-0.05, 0) is 40.8 Å². The Morgan fingerprint density at radius 2 is 1.76 bits per heavy atom. The van der Waals surface area contributed by atoms with Gasteiger partial charge in [-0.1, -0.05) is 68.1 Å². The van der Waals surface area contributed by atoms with E-state index in [1.54, 1.807) is 12.1 Å². The Balaban J connectivity index is 1.31. The number of benzene rings is 2. The molecule has 2 heterocycles. The largest absolute Gasteiger partial charge is 0.411 e. The molecule has 1 amide bonds. The second-order valence-electron chi connectivity index (χ2n) is 8.30. The molecule has 0 fully saturated rings. The van der Waals surface area contributed by atoms with E-state index in [2.05, 4.69) is 58.6 Å². The molecule has 33 heavy (non-hydrogen) atoms. The predicted octanol–water partition coefficient (Wildman–Crippen LogP) is 5.25. The van der Waals surface area contributed by atoms with Gasteiger partial charge < -0.3 is 9.73 Å². The Labute approximate surface area is 198 Å². The molecule has 0 saturated heterocycles. The average Bonchev–Trinajstić information content (AvgIpc) is 3.46. The maximum atomic E-state index is 13.0. The molecule has 0 aliphatic rings. The molecule has 0 aliphatic heterocycles. The summed E-state index contributed by atoms with van der Waals surface area (Å²) in [6.07, 6.45) is 0. The Kier molecular flexibility index (Phi) is 6.85. The van der Waals surface area contributed by atoms with Gasteiger partial charge in [-0.25, -0.2) is 4.39 Å². The summed E-state index contributed by atoms with van der Waals surface area (Å²) in [6, 6.07) is 14.0. The quantitative estimate of drug-likeness (QED) is 0.359. The van der Waals surface area contributed by atoms with Crippen LogP contribution in [0.2, 0.25) is 0 Å². The lowest BCUT2D eigenvalue weighted by molar-refractivity contribution is 0.0950. The molecule has 0 radical (unpaired) electrons. The average molecular weight is 484 g/mol. The van der Waals surface area contributed by atoms with E-state index >= 15 is 0 Å². The molecule has 4 rings (SSSR count). The molecule has 0 saturated carbocycles. The molecular weight excluding hydrogens is 461 g/mol. The van der Waals surface area contributed by atoms with Gasteiger partial charge in [0, 0.05) is 12.1 Å². The van der Waals surface area contributed by atoms with Crippen LogP contribution in [-0.2, 0) is 17.7 Å². The van der Waals surface area contributed by atoms with Crippen molar-refractivity contribution in [1.29, 1.82) is 0 Å². The fourth-order valence-corrected chi connectivity index (χ4v) is 4.39. The van der Waals surface area contributed by atoms with Crippen LogP contribution < -0.4 is 5.32 Å². The lowest BCUT2D eigenvalue weighted by Gasteiger charge is -2.18. The third-order valence-electron chi connectivity index (χ3n) is 4.75. The van der Waals surface area contributed by atoms with Gasteiger partial charge in [-0.2, -0.15) is 0 Å². The SMILES string of the molecule is CC(C)(C)c1ccc(-c2nnc(SCc3nnc(C(=O)NCc4ccc(F)cc4)s3)o2)cc1. The minimum Gasteiger partial charge on any atom is -0.411 e. The van der Waals surface area contributed by atoms with Crippen LogP contribution in [0.5, 0.6) is 0 Å². The van der Waals surface area contributed by atoms with E-state index in [0.29, 0.717) is 21.9 Å². The second-order valence-corrected chi connectivity index (χ2v) is 10.3. The van der Waals surface area contributed by atoms with Crippen molar-refractivity contribution in [2.75, 3.05) is 0 Å². The third kappa shape index (κ3) is 6.02. The lowest BCUT2D eigenvalue weighted by Crippen LogP contribution is -2.22. The first-order valence-electron chi connectivity index (χ1n) is 10.2. The number of nitrogens with one attached hydrogen (secondary N) is 1. The minimum absolute atomic E-state index is 0.0762. The smallest absolute Gasteiger partial charge is 0.282 e. The number of carbonyl (C=O) groups excluding carboxylic acids is 1. The molecule has 10 heteroatoms. The molecular formula is C23H22FN5O2S2. The van der Waals surface area contributed by atoms with E-state index in [4.69, 9.17) is 4.42 Å². The molecule has 2 aromatic carbocycles. The normalized spacial score (nSPS) is 11.5. The fourth-order valence-electron chi connectivity index (χ4n) is 2.88. The highest BCUT2D eigenvalue weighted by Gasteiger charge is 2.16. The summed E-state index contributed by atoms with van der Waals surface area (Å²) in [5.41, 5.74) is 2.96. The number of amides is 1. The second kappa shape index (κ2) is 9.80. The van der Waals surface area contributed by atoms with Crippen LogP contribution in [0.1, 0.15) is 46.7 Å². The first kappa shape index (κ1) is 23.1. The molecule has 0 atom stereocenters. The number of carbonyl (C=O) groups is 1. The van der Waals surface area contributed by atoms with Crippen LogP contribution in [-0.4, -0.2) is 26.3 Å². The molecule has 7 nitrogen and oxygen atoms in total. The lowest BCUT2D eigenvalue weighted by atomic mass is 9.87. The highest BCUT2D eigenvalue weighted by molar-refractivity contribution is 7.98. The van der Waals surface area contributed by atoms with Crippen molar-refractivity contribution in [3.05, 3.63) is 75.5 Å². The molecule has 0 aliphatic carbocycles. The maximum absolute atomic E-state index is 13.0. The van der Waals surface area contributed by atoms with Crippen LogP contribution in [0, 0.1) is 5.82 Å². The number of halogens is 1. The van der Waals surface area contributed by atoms with Gasteiger partial charge in [0.2, 0.25) is 10.9 Å². The molecule has 2 aromatic heterocycles. The first-order valence-corrected chi connectivity index (χ1v) is 12.0. The van der Waals surface area contributed by atoms with Crippen molar-refractivity contribution in [2.24, 2.45) is 0 Å². The number of hydrogen-bond donors (Lipinski definition) is 1. The van der Waals surface area contributed by atoms with E-state index in [0.717, 1.165) is 11.1 Å². The summed E-state index contributed by atoms with van der Waals surface area (Å²) in [7, 11) is 0. The van der Waals surface area contributed by atoms with Gasteiger partial charge in [0.05, 0.1) is 5.75 Å². The van der Waals surface area contributed by atoms with Crippen LogP contribution >= 0.6 is 23.1 Å². The summed E-state index contributed by atoms with van der Waals surface area (Å²) >= 11 is 2.53. The molecule has 4 aromatic rings. The Morgan fingerprint density at radius 1 is 1.03 bits per heavy atom. The van der Waals surface area contributed by atoms with Crippen molar-refractivity contribution < 1.29 is 13.6 Å². The standard InChI is InChI=1S/C23H22FN5O2S2/c1-23(2,3)16-8-6-15(7-9-16)20-27-29-22(31-20)32-13-18-26-28-21(33-18)19(30)25-12-14-4-10-17(24)11-5-14/h4-11H,12-13H2,1-3H3,(H,25,30). The first-order chi connectivity index (χ1) is 15.8. The maximum Gasteiger partial charge on any atom is 0.282 e. The van der Waals surface area contributed by atoms with Gasteiger partial charge in [-0.15, -0.1) is 20.4 Å². The zero-order valence-corrected chi connectivity index (χ0v) is 20.0. The van der Waals surface area contributed by atoms with E-state index in [1.807, 2.05) is 12.1 Å². The fraction of sp³-hybridized carbons (Fsp3) is 0.261. The summed E-state index contributed by atoms with van der Waals surface area (Å²) < 4.78 is 18.7. The monoisotopic (exact) mass is 483 g/mol. The summed E-state index contributed by atoms with van der Waals surface area (Å²) in [5, 5.41) is 20.3. The van der Waals surface area contributed by atoms with E-state index in [-0.39, 0.29) is 28.7 Å². The number of nitrogens with zero attached hydrogens (tertiary/aromatic N) is 4. The van der Waals surface area contributed by atoms with Crippen molar-refractivity contribution in [3.63, 3.8) is 0 Å². The van der Waals surface area contributed by atoms with Gasteiger partial charge in [0.25, 0.3) is 11.1 Å². The van der Waals surface area contributed by atoms with Crippen molar-refractivity contribution >= 4 is 29.0 Å². The number of hydrogen-bond acceptors (Lipinski definition) is 8. The third-order valence-corrected chi connectivity index (χ3v) is 6.69. The van der Waals surface area contributed by atoms with Crippen LogP contribution in [0.25, 0.3) is 11.5 Å².